The van der Waals surface area contributed by atoms with Crippen LogP contribution in [0.2, 0.25) is 0 Å². The molecule has 5 nitrogen and oxygen atoms in total. The van der Waals surface area contributed by atoms with Crippen molar-refractivity contribution >= 4 is 39.2 Å². The molecule has 0 N–H and O–H groups in total. The number of para-hydroxylation sites is 1. The number of thioether (sulfide) groups is 1. The van der Waals surface area contributed by atoms with Gasteiger partial charge in [-0.3, -0.25) is 14.2 Å². The monoisotopic (exact) mass is 453 g/mol. The molecule has 1 aliphatic carbocycles. The van der Waals surface area contributed by atoms with Crippen molar-refractivity contribution in [3.8, 4) is 5.69 Å². The van der Waals surface area contributed by atoms with Crippen molar-refractivity contribution in [2.24, 2.45) is 0 Å². The lowest BCUT2D eigenvalue weighted by Crippen LogP contribution is -2.37. The van der Waals surface area contributed by atoms with Crippen LogP contribution in [0.5, 0.6) is 0 Å². The van der Waals surface area contributed by atoms with Crippen molar-refractivity contribution in [3.05, 3.63) is 51.6 Å². The van der Waals surface area contributed by atoms with Gasteiger partial charge in [-0.1, -0.05) is 42.8 Å². The highest BCUT2D eigenvalue weighted by atomic mass is 32.2. The number of likely N-dealkylation sites (tertiary alicyclic amines) is 1. The summed E-state index contributed by atoms with van der Waals surface area (Å²) in [6, 6.07) is 9.68. The van der Waals surface area contributed by atoms with Crippen LogP contribution in [0, 0.1) is 0 Å². The van der Waals surface area contributed by atoms with Gasteiger partial charge >= 0.3 is 0 Å². The molecule has 0 bridgehead atoms. The van der Waals surface area contributed by atoms with Crippen LogP contribution >= 0.6 is 23.1 Å². The first kappa shape index (κ1) is 20.8. The molecule has 2 aromatic heterocycles. The van der Waals surface area contributed by atoms with Crippen LogP contribution < -0.4 is 5.56 Å². The predicted molar refractivity (Wildman–Crippen MR) is 128 cm³/mol. The number of benzene rings is 1. The summed E-state index contributed by atoms with van der Waals surface area (Å²) in [6.45, 7) is 3.60. The van der Waals surface area contributed by atoms with Gasteiger partial charge in [-0.25, -0.2) is 4.98 Å². The largest absolute Gasteiger partial charge is 0.342 e. The van der Waals surface area contributed by atoms with Crippen LogP contribution in [0.4, 0.5) is 0 Å². The maximum atomic E-state index is 13.7. The number of rotatable bonds is 5. The third-order valence-corrected chi connectivity index (χ3v) is 8.12. The Hall–Kier alpha value is -2.12. The molecule has 7 heteroatoms. The van der Waals surface area contributed by atoms with Crippen LogP contribution in [0.3, 0.4) is 0 Å². The molecule has 3 heterocycles. The van der Waals surface area contributed by atoms with Crippen molar-refractivity contribution in [2.75, 3.05) is 13.1 Å². The number of amides is 1. The molecule has 1 unspecified atom stereocenters. The van der Waals surface area contributed by atoms with Gasteiger partial charge in [0.05, 0.1) is 16.3 Å². The molecule has 162 valence electrons. The summed E-state index contributed by atoms with van der Waals surface area (Å²) in [6.07, 6.45) is 6.82. The molecule has 1 saturated carbocycles. The zero-order valence-electron chi connectivity index (χ0n) is 17.8. The molecule has 0 spiro atoms. The van der Waals surface area contributed by atoms with E-state index in [1.165, 1.54) is 24.6 Å². The predicted octanol–water partition coefficient (Wildman–Crippen LogP) is 5.21. The van der Waals surface area contributed by atoms with E-state index in [9.17, 15) is 9.59 Å². The minimum Gasteiger partial charge on any atom is -0.342 e. The maximum absolute atomic E-state index is 13.7. The molecule has 1 saturated heterocycles. The Morgan fingerprint density at radius 1 is 1.13 bits per heavy atom. The first-order valence-corrected chi connectivity index (χ1v) is 12.9. The van der Waals surface area contributed by atoms with Crippen molar-refractivity contribution in [2.45, 2.75) is 61.8 Å². The minimum atomic E-state index is -0.291. The second-order valence-corrected chi connectivity index (χ2v) is 10.7. The highest BCUT2D eigenvalue weighted by Gasteiger charge is 2.30. The van der Waals surface area contributed by atoms with E-state index in [-0.39, 0.29) is 16.7 Å². The average Bonchev–Trinajstić information content (AvgIpc) is 3.58. The van der Waals surface area contributed by atoms with Crippen LogP contribution in [0.25, 0.3) is 15.9 Å². The molecule has 1 amide bonds. The maximum Gasteiger partial charge on any atom is 0.267 e. The quantitative estimate of drug-likeness (QED) is 0.393. The summed E-state index contributed by atoms with van der Waals surface area (Å²) in [5, 5.41) is 3.17. The molecule has 5 rings (SSSR count). The van der Waals surface area contributed by atoms with Crippen molar-refractivity contribution in [1.82, 2.24) is 14.5 Å². The van der Waals surface area contributed by atoms with Crippen LogP contribution in [0.1, 0.15) is 56.9 Å². The molecule has 31 heavy (non-hydrogen) atoms. The molecule has 1 aliphatic heterocycles. The normalized spacial score (nSPS) is 18.2. The number of carbonyl (C=O) groups excluding carboxylic acids is 1. The van der Waals surface area contributed by atoms with Gasteiger partial charge in [0.2, 0.25) is 5.91 Å². The van der Waals surface area contributed by atoms with E-state index in [0.717, 1.165) is 60.2 Å². The van der Waals surface area contributed by atoms with E-state index in [1.54, 1.807) is 15.9 Å². The van der Waals surface area contributed by atoms with Gasteiger partial charge in [0.25, 0.3) is 5.56 Å². The summed E-state index contributed by atoms with van der Waals surface area (Å²) >= 11 is 2.95. The Kier molecular flexibility index (Phi) is 5.89. The smallest absolute Gasteiger partial charge is 0.267 e. The van der Waals surface area contributed by atoms with E-state index in [1.807, 2.05) is 42.2 Å². The molecule has 2 fully saturated rings. The third kappa shape index (κ3) is 4.17. The van der Waals surface area contributed by atoms with Gasteiger partial charge < -0.3 is 4.90 Å². The standard InChI is InChI=1S/C24H27N3O2S2/c1-16(22(28)26-13-7-2-3-8-14-26)31-24-25-21-20(19(15-30-21)17-11-12-17)23(29)27(24)18-9-5-4-6-10-18/h4-6,9-10,15-17H,2-3,7-8,11-14H2,1H3. The Morgan fingerprint density at radius 3 is 2.52 bits per heavy atom. The van der Waals surface area contributed by atoms with E-state index in [2.05, 4.69) is 5.38 Å². The van der Waals surface area contributed by atoms with Gasteiger partial charge in [0.15, 0.2) is 5.16 Å². The number of aromatic nitrogens is 2. The number of carbonyl (C=O) groups is 1. The van der Waals surface area contributed by atoms with Crippen molar-refractivity contribution < 1.29 is 4.79 Å². The van der Waals surface area contributed by atoms with E-state index >= 15 is 0 Å². The second kappa shape index (κ2) is 8.79. The first-order chi connectivity index (χ1) is 15.1. The van der Waals surface area contributed by atoms with Gasteiger partial charge in [-0.05, 0) is 61.6 Å². The molecular weight excluding hydrogens is 426 g/mol. The number of fused-ring (bicyclic) bond motifs is 1. The fourth-order valence-corrected chi connectivity index (χ4v) is 6.40. The lowest BCUT2D eigenvalue weighted by molar-refractivity contribution is -0.130. The van der Waals surface area contributed by atoms with Gasteiger partial charge in [-0.15, -0.1) is 11.3 Å². The number of hydrogen-bond acceptors (Lipinski definition) is 5. The molecule has 0 radical (unpaired) electrons. The Balaban J connectivity index is 1.54. The van der Waals surface area contributed by atoms with Crippen LogP contribution in [0.15, 0.2) is 45.7 Å². The fourth-order valence-electron chi connectivity index (χ4n) is 4.33. The Bertz CT molecular complexity index is 1140. The number of hydrogen-bond donors (Lipinski definition) is 0. The Labute approximate surface area is 190 Å². The summed E-state index contributed by atoms with van der Waals surface area (Å²) < 4.78 is 1.71. The molecule has 1 atom stereocenters. The topological polar surface area (TPSA) is 55.2 Å². The highest BCUT2D eigenvalue weighted by molar-refractivity contribution is 8.00. The van der Waals surface area contributed by atoms with E-state index in [4.69, 9.17) is 4.98 Å². The average molecular weight is 454 g/mol. The number of thiophene rings is 1. The molecule has 3 aromatic rings. The zero-order chi connectivity index (χ0) is 21.4. The minimum absolute atomic E-state index is 0.0173. The lowest BCUT2D eigenvalue weighted by atomic mass is 10.1. The summed E-state index contributed by atoms with van der Waals surface area (Å²) in [4.78, 5) is 34.5. The molecule has 2 aliphatic rings. The van der Waals surface area contributed by atoms with Gasteiger partial charge in [0.1, 0.15) is 4.83 Å². The highest BCUT2D eigenvalue weighted by Crippen LogP contribution is 2.44. The molecule has 1 aromatic carbocycles. The van der Waals surface area contributed by atoms with Crippen LogP contribution in [-0.4, -0.2) is 38.7 Å². The fraction of sp³-hybridized carbons (Fsp3) is 0.458. The second-order valence-electron chi connectivity index (χ2n) is 8.52. The molecular formula is C24H27N3O2S2. The lowest BCUT2D eigenvalue weighted by Gasteiger charge is -2.24. The summed E-state index contributed by atoms with van der Waals surface area (Å²) in [5.74, 6) is 0.639. The van der Waals surface area contributed by atoms with E-state index < -0.39 is 0 Å². The Morgan fingerprint density at radius 2 is 1.84 bits per heavy atom. The van der Waals surface area contributed by atoms with Crippen molar-refractivity contribution in [1.29, 1.82) is 0 Å². The first-order valence-electron chi connectivity index (χ1n) is 11.2. The van der Waals surface area contributed by atoms with Crippen molar-refractivity contribution in [3.63, 3.8) is 0 Å². The summed E-state index contributed by atoms with van der Waals surface area (Å²) in [5.41, 5.74) is 1.93. The SMILES string of the molecule is CC(Sc1nc2scc(C3CC3)c2c(=O)n1-c1ccccc1)C(=O)N1CCCCCC1. The zero-order valence-corrected chi connectivity index (χ0v) is 19.4. The van der Waals surface area contributed by atoms with Gasteiger partial charge in [0, 0.05) is 13.1 Å². The van der Waals surface area contributed by atoms with Gasteiger partial charge in [-0.2, -0.15) is 0 Å². The van der Waals surface area contributed by atoms with E-state index in [0.29, 0.717) is 11.1 Å². The third-order valence-electron chi connectivity index (χ3n) is 6.18. The summed E-state index contributed by atoms with van der Waals surface area (Å²) in [7, 11) is 0. The number of nitrogens with zero attached hydrogens (tertiary/aromatic N) is 3. The van der Waals surface area contributed by atoms with Crippen LogP contribution in [-0.2, 0) is 4.79 Å².